The minimum atomic E-state index is 0.494. The van der Waals surface area contributed by atoms with Crippen molar-refractivity contribution in [2.45, 2.75) is 59.4 Å². The van der Waals surface area contributed by atoms with Gasteiger partial charge in [-0.3, -0.25) is 0 Å². The van der Waals surface area contributed by atoms with Crippen LogP contribution in [0.3, 0.4) is 0 Å². The topological polar surface area (TPSA) is 30.5 Å². The Morgan fingerprint density at radius 2 is 1.76 bits per heavy atom. The van der Waals surface area contributed by atoms with Gasteiger partial charge in [-0.1, -0.05) is 13.8 Å². The lowest BCUT2D eigenvalue weighted by Gasteiger charge is -2.35. The molecule has 0 saturated heterocycles. The van der Waals surface area contributed by atoms with Gasteiger partial charge >= 0.3 is 0 Å². The van der Waals surface area contributed by atoms with E-state index in [-0.39, 0.29) is 0 Å². The molecule has 0 bridgehead atoms. The lowest BCUT2D eigenvalue weighted by Crippen LogP contribution is -2.30. The Kier molecular flexibility index (Phi) is 5.38. The summed E-state index contributed by atoms with van der Waals surface area (Å²) in [7, 11) is 0. The van der Waals surface area contributed by atoms with Gasteiger partial charge in [0.15, 0.2) is 0 Å². The molecule has 1 aliphatic rings. The third-order valence-corrected chi connectivity index (χ3v) is 4.26. The van der Waals surface area contributed by atoms with Crippen molar-refractivity contribution < 1.29 is 9.47 Å². The number of anilines is 1. The van der Waals surface area contributed by atoms with Gasteiger partial charge in [0, 0.05) is 12.1 Å². The fourth-order valence-corrected chi connectivity index (χ4v) is 2.92. The fraction of sp³-hybridized carbons (Fsp3) is 0.667. The molecular formula is C18H29NO2. The van der Waals surface area contributed by atoms with E-state index in [0.29, 0.717) is 24.7 Å². The van der Waals surface area contributed by atoms with E-state index in [0.717, 1.165) is 17.2 Å². The molecule has 0 spiro atoms. The van der Waals surface area contributed by atoms with Gasteiger partial charge in [0.2, 0.25) is 0 Å². The van der Waals surface area contributed by atoms with Crippen LogP contribution in [0.4, 0.5) is 5.69 Å². The summed E-state index contributed by atoms with van der Waals surface area (Å²) in [6.45, 7) is 10.1. The molecule has 1 N–H and O–H groups in total. The molecule has 1 aromatic rings. The largest absolute Gasteiger partial charge is 0.494 e. The van der Waals surface area contributed by atoms with Gasteiger partial charge in [-0.2, -0.15) is 0 Å². The lowest BCUT2D eigenvalue weighted by molar-refractivity contribution is 0.232. The Hall–Kier alpha value is -1.38. The van der Waals surface area contributed by atoms with Crippen molar-refractivity contribution in [3.63, 3.8) is 0 Å². The van der Waals surface area contributed by atoms with Gasteiger partial charge in [0.1, 0.15) is 11.5 Å². The minimum Gasteiger partial charge on any atom is -0.494 e. The molecule has 0 amide bonds. The van der Waals surface area contributed by atoms with E-state index in [4.69, 9.17) is 9.47 Å². The van der Waals surface area contributed by atoms with Crippen LogP contribution in [0.5, 0.6) is 11.5 Å². The quantitative estimate of drug-likeness (QED) is 0.811. The number of hydrogen-bond donors (Lipinski definition) is 1. The first kappa shape index (κ1) is 16.0. The number of rotatable bonds is 6. The van der Waals surface area contributed by atoms with Crippen LogP contribution in [0.1, 0.15) is 53.4 Å². The first-order valence-electron chi connectivity index (χ1n) is 8.20. The van der Waals surface area contributed by atoms with E-state index in [1.807, 2.05) is 26.0 Å². The van der Waals surface area contributed by atoms with Crippen molar-refractivity contribution in [1.29, 1.82) is 0 Å². The highest BCUT2D eigenvalue weighted by Crippen LogP contribution is 2.38. The van der Waals surface area contributed by atoms with Crippen molar-refractivity contribution in [2.75, 3.05) is 18.5 Å². The zero-order valence-corrected chi connectivity index (χ0v) is 13.9. The Balaban J connectivity index is 2.07. The number of nitrogens with one attached hydrogen (secondary N) is 1. The van der Waals surface area contributed by atoms with E-state index in [9.17, 15) is 0 Å². The van der Waals surface area contributed by atoms with Crippen molar-refractivity contribution in [3.05, 3.63) is 18.2 Å². The smallest absolute Gasteiger partial charge is 0.142 e. The van der Waals surface area contributed by atoms with E-state index in [1.165, 1.54) is 25.7 Å². The Morgan fingerprint density at radius 3 is 2.38 bits per heavy atom. The van der Waals surface area contributed by atoms with Crippen LogP contribution < -0.4 is 14.8 Å². The third-order valence-electron chi connectivity index (χ3n) is 4.26. The highest BCUT2D eigenvalue weighted by atomic mass is 16.5. The number of ether oxygens (including phenoxy) is 2. The fourth-order valence-electron chi connectivity index (χ4n) is 2.92. The van der Waals surface area contributed by atoms with Crippen LogP contribution in [0.15, 0.2) is 18.2 Å². The summed E-state index contributed by atoms with van der Waals surface area (Å²) in [4.78, 5) is 0. The van der Waals surface area contributed by atoms with Crippen molar-refractivity contribution in [2.24, 2.45) is 5.41 Å². The van der Waals surface area contributed by atoms with Crippen LogP contribution in [0, 0.1) is 5.41 Å². The van der Waals surface area contributed by atoms with Gasteiger partial charge in [-0.05, 0) is 57.1 Å². The molecule has 3 nitrogen and oxygen atoms in total. The molecule has 1 aromatic carbocycles. The second-order valence-corrected chi connectivity index (χ2v) is 6.61. The monoisotopic (exact) mass is 291 g/mol. The predicted molar refractivity (Wildman–Crippen MR) is 88.4 cm³/mol. The maximum Gasteiger partial charge on any atom is 0.142 e. The van der Waals surface area contributed by atoms with Gasteiger partial charge in [-0.15, -0.1) is 0 Å². The molecule has 1 saturated carbocycles. The Bertz CT molecular complexity index is 447. The lowest BCUT2D eigenvalue weighted by atomic mass is 9.75. The standard InChI is InChI=1S/C18H29NO2/c1-5-20-15-7-8-17(21-6-2)16(13-15)19-14-9-11-18(3,4)12-10-14/h7-8,13-14,19H,5-6,9-12H2,1-4H3. The summed E-state index contributed by atoms with van der Waals surface area (Å²) in [6, 6.07) is 6.58. The highest BCUT2D eigenvalue weighted by molar-refractivity contribution is 5.60. The molecular weight excluding hydrogens is 262 g/mol. The van der Waals surface area contributed by atoms with E-state index in [1.54, 1.807) is 0 Å². The van der Waals surface area contributed by atoms with Crippen LogP contribution >= 0.6 is 0 Å². The Labute approximate surface area is 129 Å². The molecule has 118 valence electrons. The normalized spacial score (nSPS) is 18.3. The van der Waals surface area contributed by atoms with Gasteiger partial charge in [-0.25, -0.2) is 0 Å². The molecule has 0 aliphatic heterocycles. The highest BCUT2D eigenvalue weighted by Gasteiger charge is 2.27. The first-order chi connectivity index (χ1) is 10.0. The van der Waals surface area contributed by atoms with Crippen LogP contribution in [-0.2, 0) is 0 Å². The van der Waals surface area contributed by atoms with Crippen LogP contribution in [-0.4, -0.2) is 19.3 Å². The summed E-state index contributed by atoms with van der Waals surface area (Å²) < 4.78 is 11.3. The second-order valence-electron chi connectivity index (χ2n) is 6.61. The Morgan fingerprint density at radius 1 is 1.10 bits per heavy atom. The van der Waals surface area contributed by atoms with Gasteiger partial charge in [0.05, 0.1) is 18.9 Å². The molecule has 21 heavy (non-hydrogen) atoms. The second kappa shape index (κ2) is 7.06. The SMILES string of the molecule is CCOc1ccc(OCC)c(NC2CCC(C)(C)CC2)c1. The maximum absolute atomic E-state index is 5.73. The third kappa shape index (κ3) is 4.55. The molecule has 0 aromatic heterocycles. The first-order valence-corrected chi connectivity index (χ1v) is 8.20. The van der Waals surface area contributed by atoms with E-state index >= 15 is 0 Å². The van der Waals surface area contributed by atoms with Crippen molar-refractivity contribution >= 4 is 5.69 Å². The van der Waals surface area contributed by atoms with Crippen LogP contribution in [0.2, 0.25) is 0 Å². The summed E-state index contributed by atoms with van der Waals surface area (Å²) >= 11 is 0. The molecule has 2 rings (SSSR count). The van der Waals surface area contributed by atoms with E-state index < -0.39 is 0 Å². The average Bonchev–Trinajstić information content (AvgIpc) is 2.44. The maximum atomic E-state index is 5.73. The molecule has 0 atom stereocenters. The summed E-state index contributed by atoms with van der Waals surface area (Å²) in [6.07, 6.45) is 4.99. The average molecular weight is 291 g/mol. The molecule has 3 heteroatoms. The summed E-state index contributed by atoms with van der Waals surface area (Å²) in [5, 5.41) is 3.67. The van der Waals surface area contributed by atoms with Crippen LogP contribution in [0.25, 0.3) is 0 Å². The summed E-state index contributed by atoms with van der Waals surface area (Å²) in [5.41, 5.74) is 1.56. The molecule has 1 aliphatic carbocycles. The molecule has 0 radical (unpaired) electrons. The van der Waals surface area contributed by atoms with Crippen molar-refractivity contribution in [1.82, 2.24) is 0 Å². The molecule has 0 unspecified atom stereocenters. The zero-order valence-electron chi connectivity index (χ0n) is 13.9. The van der Waals surface area contributed by atoms with E-state index in [2.05, 4.69) is 25.2 Å². The molecule has 1 fully saturated rings. The predicted octanol–water partition coefficient (Wildman–Crippen LogP) is 4.86. The summed E-state index contributed by atoms with van der Waals surface area (Å²) in [5.74, 6) is 1.82. The minimum absolute atomic E-state index is 0.494. The van der Waals surface area contributed by atoms with Gasteiger partial charge in [0.25, 0.3) is 0 Å². The molecule has 0 heterocycles. The van der Waals surface area contributed by atoms with Crippen molar-refractivity contribution in [3.8, 4) is 11.5 Å². The number of benzene rings is 1. The zero-order chi connectivity index (χ0) is 15.3. The van der Waals surface area contributed by atoms with Gasteiger partial charge < -0.3 is 14.8 Å². The number of hydrogen-bond acceptors (Lipinski definition) is 3.